The summed E-state index contributed by atoms with van der Waals surface area (Å²) < 4.78 is 0. The molecule has 0 aromatic rings. The molecule has 0 aromatic carbocycles. The Labute approximate surface area is 87.3 Å². The van der Waals surface area contributed by atoms with Crippen LogP contribution in [0.25, 0.3) is 0 Å². The molecule has 0 atom stereocenters. The molecule has 0 bridgehead atoms. The number of carbonyl (C=O) groups excluding carboxylic acids is 1. The molecule has 0 saturated carbocycles. The zero-order valence-electron chi connectivity index (χ0n) is 9.60. The average molecular weight is 195 g/mol. The topological polar surface area (TPSA) is 40.9 Å². The highest BCUT2D eigenvalue weighted by Crippen LogP contribution is 2.26. The Hall–Kier alpha value is -0.840. The van der Waals surface area contributed by atoms with Crippen molar-refractivity contribution in [1.82, 2.24) is 0 Å². The monoisotopic (exact) mass is 195 g/mol. The van der Waals surface area contributed by atoms with Crippen LogP contribution in [0.4, 0.5) is 0 Å². The summed E-state index contributed by atoms with van der Waals surface area (Å²) in [5.74, 6) is 0.0801. The first-order valence-corrected chi connectivity index (χ1v) is 5.45. The molecule has 2 nitrogen and oxygen atoms in total. The van der Waals surface area contributed by atoms with Gasteiger partial charge in [-0.15, -0.1) is 0 Å². The smallest absolute Gasteiger partial charge is 0.152 e. The van der Waals surface area contributed by atoms with E-state index >= 15 is 0 Å². The first-order valence-electron chi connectivity index (χ1n) is 5.45. The fraction of sp³-hybridized carbons (Fsp3) is 0.833. The first-order chi connectivity index (χ1) is 6.54. The Balaban J connectivity index is 3.83. The Kier molecular flexibility index (Phi) is 6.19. The highest BCUT2D eigenvalue weighted by atomic mass is 16.1. The van der Waals surface area contributed by atoms with Crippen molar-refractivity contribution < 1.29 is 4.79 Å². The van der Waals surface area contributed by atoms with Gasteiger partial charge in [-0.3, -0.25) is 4.79 Å². The molecule has 0 heterocycles. The van der Waals surface area contributed by atoms with Gasteiger partial charge in [0, 0.05) is 5.41 Å². The van der Waals surface area contributed by atoms with Crippen LogP contribution < -0.4 is 0 Å². The lowest BCUT2D eigenvalue weighted by atomic mass is 9.81. The van der Waals surface area contributed by atoms with Gasteiger partial charge in [0.2, 0.25) is 0 Å². The fourth-order valence-corrected chi connectivity index (χ4v) is 1.44. The second kappa shape index (κ2) is 6.59. The van der Waals surface area contributed by atoms with E-state index in [0.29, 0.717) is 0 Å². The summed E-state index contributed by atoms with van der Waals surface area (Å²) in [6.07, 6.45) is 5.71. The predicted molar refractivity (Wildman–Crippen MR) is 57.8 cm³/mol. The van der Waals surface area contributed by atoms with E-state index in [1.807, 2.05) is 19.9 Å². The Morgan fingerprint density at radius 1 is 1.29 bits per heavy atom. The molecular formula is C12H21NO. The number of nitriles is 1. The third-order valence-corrected chi connectivity index (χ3v) is 2.65. The van der Waals surface area contributed by atoms with Crippen molar-refractivity contribution in [3.05, 3.63) is 0 Å². The number of ketones is 1. The molecule has 0 saturated heterocycles. The van der Waals surface area contributed by atoms with Crippen LogP contribution in [0, 0.1) is 16.7 Å². The molecule has 14 heavy (non-hydrogen) atoms. The van der Waals surface area contributed by atoms with E-state index in [2.05, 4.69) is 6.92 Å². The van der Waals surface area contributed by atoms with Crippen LogP contribution in [0.2, 0.25) is 0 Å². The number of carbonyl (C=O) groups is 1. The van der Waals surface area contributed by atoms with Gasteiger partial charge in [-0.2, -0.15) is 5.26 Å². The molecule has 0 aliphatic heterocycles. The lowest BCUT2D eigenvalue weighted by Crippen LogP contribution is -2.23. The molecule has 80 valence electrons. The standard InChI is InChI=1S/C12H21NO/c1-4-5-6-7-9-12(2,3)11(14)8-10-13/h4-9H2,1-3H3. The van der Waals surface area contributed by atoms with Crippen LogP contribution in [0.1, 0.15) is 59.3 Å². The molecule has 0 N–H and O–H groups in total. The Morgan fingerprint density at radius 3 is 2.43 bits per heavy atom. The third-order valence-electron chi connectivity index (χ3n) is 2.65. The van der Waals surface area contributed by atoms with E-state index < -0.39 is 0 Å². The second-order valence-corrected chi connectivity index (χ2v) is 4.45. The summed E-state index contributed by atoms with van der Waals surface area (Å²) in [6.45, 7) is 6.06. The van der Waals surface area contributed by atoms with E-state index in [4.69, 9.17) is 5.26 Å². The van der Waals surface area contributed by atoms with E-state index in [9.17, 15) is 4.79 Å². The molecule has 0 rings (SSSR count). The fourth-order valence-electron chi connectivity index (χ4n) is 1.44. The van der Waals surface area contributed by atoms with Crippen LogP contribution in [0.15, 0.2) is 0 Å². The Morgan fingerprint density at radius 2 is 1.93 bits per heavy atom. The zero-order valence-corrected chi connectivity index (χ0v) is 9.60. The van der Waals surface area contributed by atoms with E-state index in [1.54, 1.807) is 0 Å². The van der Waals surface area contributed by atoms with Gasteiger partial charge in [-0.25, -0.2) is 0 Å². The van der Waals surface area contributed by atoms with Crippen LogP contribution in [-0.2, 0) is 4.79 Å². The zero-order chi connectivity index (χ0) is 11.0. The maximum Gasteiger partial charge on any atom is 0.152 e. The summed E-state index contributed by atoms with van der Waals surface area (Å²) in [7, 11) is 0. The minimum atomic E-state index is -0.302. The van der Waals surface area contributed by atoms with Crippen LogP contribution in [-0.4, -0.2) is 5.78 Å². The molecular weight excluding hydrogens is 174 g/mol. The minimum Gasteiger partial charge on any atom is -0.298 e. The van der Waals surface area contributed by atoms with Crippen molar-refractivity contribution in [2.24, 2.45) is 5.41 Å². The predicted octanol–water partition coefficient (Wildman–Crippen LogP) is 3.47. The van der Waals surface area contributed by atoms with Crippen LogP contribution in [0.3, 0.4) is 0 Å². The molecule has 0 aliphatic carbocycles. The number of nitrogens with zero attached hydrogens (tertiary/aromatic N) is 1. The van der Waals surface area contributed by atoms with Crippen LogP contribution >= 0.6 is 0 Å². The number of Topliss-reactive ketones (excluding diaryl/α,β-unsaturated/α-hetero) is 1. The summed E-state index contributed by atoms with van der Waals surface area (Å²) in [5.41, 5.74) is -0.302. The van der Waals surface area contributed by atoms with E-state index in [0.717, 1.165) is 12.8 Å². The SMILES string of the molecule is CCCCCCC(C)(C)C(=O)CC#N. The minimum absolute atomic E-state index is 0.0563. The van der Waals surface area contributed by atoms with Gasteiger partial charge in [0.15, 0.2) is 5.78 Å². The van der Waals surface area contributed by atoms with Crippen molar-refractivity contribution in [2.45, 2.75) is 59.3 Å². The molecule has 0 unspecified atom stereocenters. The quantitative estimate of drug-likeness (QED) is 0.584. The molecule has 0 radical (unpaired) electrons. The maximum atomic E-state index is 11.5. The lowest BCUT2D eigenvalue weighted by Gasteiger charge is -2.21. The van der Waals surface area contributed by atoms with Crippen molar-refractivity contribution in [1.29, 1.82) is 5.26 Å². The number of rotatable bonds is 7. The van der Waals surface area contributed by atoms with Gasteiger partial charge in [-0.05, 0) is 6.42 Å². The molecule has 0 amide bonds. The number of hydrogen-bond donors (Lipinski definition) is 0. The molecule has 0 aliphatic rings. The van der Waals surface area contributed by atoms with E-state index in [-0.39, 0.29) is 17.6 Å². The van der Waals surface area contributed by atoms with Gasteiger partial charge in [0.25, 0.3) is 0 Å². The Bertz CT molecular complexity index is 213. The van der Waals surface area contributed by atoms with Crippen LogP contribution in [0.5, 0.6) is 0 Å². The van der Waals surface area contributed by atoms with Gasteiger partial charge < -0.3 is 0 Å². The summed E-state index contributed by atoms with van der Waals surface area (Å²) >= 11 is 0. The average Bonchev–Trinajstić information content (AvgIpc) is 2.13. The van der Waals surface area contributed by atoms with Crippen molar-refractivity contribution >= 4 is 5.78 Å². The summed E-state index contributed by atoms with van der Waals surface area (Å²) in [5, 5.41) is 8.44. The maximum absolute atomic E-state index is 11.5. The second-order valence-electron chi connectivity index (χ2n) is 4.45. The van der Waals surface area contributed by atoms with E-state index in [1.165, 1.54) is 19.3 Å². The third kappa shape index (κ3) is 5.01. The number of hydrogen-bond acceptors (Lipinski definition) is 2. The summed E-state index contributed by atoms with van der Waals surface area (Å²) in [6, 6.07) is 1.93. The summed E-state index contributed by atoms with van der Waals surface area (Å²) in [4.78, 5) is 11.5. The molecule has 0 spiro atoms. The lowest BCUT2D eigenvalue weighted by molar-refractivity contribution is -0.126. The largest absolute Gasteiger partial charge is 0.298 e. The van der Waals surface area contributed by atoms with Gasteiger partial charge in [0.05, 0.1) is 12.5 Å². The van der Waals surface area contributed by atoms with Gasteiger partial charge >= 0.3 is 0 Å². The molecule has 0 fully saturated rings. The molecule has 0 aromatic heterocycles. The first kappa shape index (κ1) is 13.2. The number of unbranched alkanes of at least 4 members (excludes halogenated alkanes) is 3. The van der Waals surface area contributed by atoms with Crippen molar-refractivity contribution in [3.63, 3.8) is 0 Å². The highest BCUT2D eigenvalue weighted by Gasteiger charge is 2.25. The van der Waals surface area contributed by atoms with Crippen molar-refractivity contribution in [3.8, 4) is 6.07 Å². The van der Waals surface area contributed by atoms with Gasteiger partial charge in [0.1, 0.15) is 0 Å². The molecule has 2 heteroatoms. The van der Waals surface area contributed by atoms with Gasteiger partial charge in [-0.1, -0.05) is 46.5 Å². The highest BCUT2D eigenvalue weighted by molar-refractivity contribution is 5.85. The normalized spacial score (nSPS) is 11.0. The van der Waals surface area contributed by atoms with Crippen molar-refractivity contribution in [2.75, 3.05) is 0 Å².